The number of rotatable bonds is 5. The predicted octanol–water partition coefficient (Wildman–Crippen LogP) is 3.69. The first kappa shape index (κ1) is 16.6. The van der Waals surface area contributed by atoms with E-state index >= 15 is 0 Å². The molecule has 1 aromatic carbocycles. The highest BCUT2D eigenvalue weighted by Gasteiger charge is 2.29. The van der Waals surface area contributed by atoms with Crippen molar-refractivity contribution in [1.82, 2.24) is 4.90 Å². The second kappa shape index (κ2) is 7.48. The number of hydrogen-bond acceptors (Lipinski definition) is 2. The molecule has 3 nitrogen and oxygen atoms in total. The van der Waals surface area contributed by atoms with E-state index in [0.717, 1.165) is 24.9 Å². The smallest absolute Gasteiger partial charge is 0.223 e. The third-order valence-electron chi connectivity index (χ3n) is 3.93. The van der Waals surface area contributed by atoms with Gasteiger partial charge in [0.25, 0.3) is 0 Å². The van der Waals surface area contributed by atoms with Crippen molar-refractivity contribution in [2.45, 2.75) is 51.2 Å². The first-order valence-electron chi connectivity index (χ1n) is 7.39. The summed E-state index contributed by atoms with van der Waals surface area (Å²) in [6.07, 6.45) is 3.36. The van der Waals surface area contributed by atoms with Gasteiger partial charge in [0.1, 0.15) is 0 Å². The van der Waals surface area contributed by atoms with Crippen LogP contribution in [0.25, 0.3) is 0 Å². The van der Waals surface area contributed by atoms with E-state index in [-0.39, 0.29) is 18.1 Å². The Morgan fingerprint density at radius 2 is 2.24 bits per heavy atom. The van der Waals surface area contributed by atoms with Crippen LogP contribution in [-0.2, 0) is 11.2 Å². The van der Waals surface area contributed by atoms with Crippen LogP contribution < -0.4 is 0 Å². The summed E-state index contributed by atoms with van der Waals surface area (Å²) in [7, 11) is 0. The van der Waals surface area contributed by atoms with Crippen LogP contribution in [0.5, 0.6) is 0 Å². The van der Waals surface area contributed by atoms with Gasteiger partial charge in [-0.3, -0.25) is 4.79 Å². The lowest BCUT2D eigenvalue weighted by molar-refractivity contribution is -0.132. The number of likely N-dealkylation sites (tertiary alicyclic amines) is 1. The maximum absolute atomic E-state index is 12.4. The molecule has 0 spiro atoms. The minimum absolute atomic E-state index is 0.143. The van der Waals surface area contributed by atoms with Crippen molar-refractivity contribution in [3.63, 3.8) is 0 Å². The second-order valence-corrected chi connectivity index (χ2v) is 6.55. The van der Waals surface area contributed by atoms with E-state index in [2.05, 4.69) is 0 Å². The number of aliphatic hydroxyl groups is 1. The largest absolute Gasteiger partial charge is 0.393 e. The lowest BCUT2D eigenvalue weighted by Gasteiger charge is -2.25. The summed E-state index contributed by atoms with van der Waals surface area (Å²) >= 11 is 12.0. The molecule has 1 heterocycles. The summed E-state index contributed by atoms with van der Waals surface area (Å²) in [5.41, 5.74) is 0.945. The summed E-state index contributed by atoms with van der Waals surface area (Å²) in [5.74, 6) is 0.143. The summed E-state index contributed by atoms with van der Waals surface area (Å²) in [5, 5.41) is 10.7. The van der Waals surface area contributed by atoms with Crippen molar-refractivity contribution in [3.8, 4) is 0 Å². The Hall–Kier alpha value is -0.770. The molecular weight excluding hydrogens is 309 g/mol. The maximum atomic E-state index is 12.4. The number of carbonyl (C=O) groups excluding carboxylic acids is 1. The van der Waals surface area contributed by atoms with E-state index in [1.165, 1.54) is 0 Å². The Morgan fingerprint density at radius 3 is 2.90 bits per heavy atom. The van der Waals surface area contributed by atoms with E-state index < -0.39 is 0 Å². The van der Waals surface area contributed by atoms with Gasteiger partial charge in [-0.05, 0) is 50.3 Å². The van der Waals surface area contributed by atoms with Crippen LogP contribution in [0.2, 0.25) is 10.0 Å². The first-order valence-corrected chi connectivity index (χ1v) is 8.14. The summed E-state index contributed by atoms with van der Waals surface area (Å²) in [6, 6.07) is 5.54. The quantitative estimate of drug-likeness (QED) is 0.894. The van der Waals surface area contributed by atoms with Gasteiger partial charge in [-0.1, -0.05) is 29.3 Å². The number of amides is 1. The van der Waals surface area contributed by atoms with Gasteiger partial charge in [-0.2, -0.15) is 0 Å². The maximum Gasteiger partial charge on any atom is 0.223 e. The molecule has 0 radical (unpaired) electrons. The van der Waals surface area contributed by atoms with Crippen molar-refractivity contribution in [1.29, 1.82) is 0 Å². The second-order valence-electron chi connectivity index (χ2n) is 5.70. The minimum atomic E-state index is -0.367. The summed E-state index contributed by atoms with van der Waals surface area (Å²) in [6.45, 7) is 2.57. The molecule has 0 aromatic heterocycles. The molecule has 2 atom stereocenters. The van der Waals surface area contributed by atoms with E-state index in [1.807, 2.05) is 11.0 Å². The third-order valence-corrected chi connectivity index (χ3v) is 4.52. The molecule has 1 fully saturated rings. The molecule has 0 saturated carbocycles. The van der Waals surface area contributed by atoms with Gasteiger partial charge < -0.3 is 10.0 Å². The van der Waals surface area contributed by atoms with E-state index in [1.54, 1.807) is 19.1 Å². The van der Waals surface area contributed by atoms with Gasteiger partial charge in [0.05, 0.1) is 6.10 Å². The lowest BCUT2D eigenvalue weighted by atomic mass is 10.1. The van der Waals surface area contributed by atoms with E-state index in [9.17, 15) is 9.90 Å². The van der Waals surface area contributed by atoms with Crippen LogP contribution in [0.3, 0.4) is 0 Å². The van der Waals surface area contributed by atoms with Crippen molar-refractivity contribution in [2.75, 3.05) is 6.54 Å². The number of hydrogen-bond donors (Lipinski definition) is 1. The average molecular weight is 330 g/mol. The molecule has 2 unspecified atom stereocenters. The number of halogens is 2. The van der Waals surface area contributed by atoms with Crippen LogP contribution in [0.4, 0.5) is 0 Å². The molecule has 0 bridgehead atoms. The van der Waals surface area contributed by atoms with Crippen molar-refractivity contribution in [2.24, 2.45) is 0 Å². The molecule has 5 heteroatoms. The summed E-state index contributed by atoms with van der Waals surface area (Å²) < 4.78 is 0. The highest BCUT2D eigenvalue weighted by molar-refractivity contribution is 6.35. The number of benzene rings is 1. The van der Waals surface area contributed by atoms with Crippen LogP contribution in [0, 0.1) is 0 Å². The zero-order valence-corrected chi connectivity index (χ0v) is 13.7. The molecule has 1 aliphatic heterocycles. The highest BCUT2D eigenvalue weighted by atomic mass is 35.5. The fourth-order valence-electron chi connectivity index (χ4n) is 2.91. The Balaban J connectivity index is 1.92. The normalized spacial score (nSPS) is 19.8. The highest BCUT2D eigenvalue weighted by Crippen LogP contribution is 2.25. The standard InChI is InChI=1S/C16H21Cl2NO2/c1-11(20)9-14-3-2-8-19(14)16(21)7-5-12-4-6-13(17)10-15(12)18/h4,6,10-11,14,20H,2-3,5,7-9H2,1H3. The van der Waals surface area contributed by atoms with Gasteiger partial charge in [0.15, 0.2) is 0 Å². The molecule has 1 amide bonds. The van der Waals surface area contributed by atoms with Crippen LogP contribution >= 0.6 is 23.2 Å². The fourth-order valence-corrected chi connectivity index (χ4v) is 3.42. The van der Waals surface area contributed by atoms with Gasteiger partial charge in [-0.25, -0.2) is 0 Å². The molecule has 116 valence electrons. The summed E-state index contributed by atoms with van der Waals surface area (Å²) in [4.78, 5) is 14.3. The zero-order chi connectivity index (χ0) is 15.4. The Bertz CT molecular complexity index is 505. The van der Waals surface area contributed by atoms with Crippen LogP contribution in [0.15, 0.2) is 18.2 Å². The first-order chi connectivity index (χ1) is 9.97. The van der Waals surface area contributed by atoms with Crippen LogP contribution in [0.1, 0.15) is 38.2 Å². The van der Waals surface area contributed by atoms with Crippen molar-refractivity contribution in [3.05, 3.63) is 33.8 Å². The SMILES string of the molecule is CC(O)CC1CCCN1C(=O)CCc1ccc(Cl)cc1Cl. The number of aryl methyl sites for hydroxylation is 1. The molecule has 2 rings (SSSR count). The molecular formula is C16H21Cl2NO2. The molecule has 1 aromatic rings. The average Bonchev–Trinajstić information content (AvgIpc) is 2.84. The number of nitrogens with zero attached hydrogens (tertiary/aromatic N) is 1. The van der Waals surface area contributed by atoms with E-state index in [4.69, 9.17) is 23.2 Å². The van der Waals surface area contributed by atoms with Crippen molar-refractivity contribution < 1.29 is 9.90 Å². The molecule has 0 aliphatic carbocycles. The zero-order valence-electron chi connectivity index (χ0n) is 12.2. The number of carbonyl (C=O) groups is 1. The molecule has 21 heavy (non-hydrogen) atoms. The van der Waals surface area contributed by atoms with Crippen molar-refractivity contribution >= 4 is 29.1 Å². The van der Waals surface area contributed by atoms with Gasteiger partial charge >= 0.3 is 0 Å². The van der Waals surface area contributed by atoms with E-state index in [0.29, 0.717) is 29.3 Å². The number of aliphatic hydroxyl groups excluding tert-OH is 1. The van der Waals surface area contributed by atoms with Gasteiger partial charge in [0, 0.05) is 29.1 Å². The predicted molar refractivity (Wildman–Crippen MR) is 85.8 cm³/mol. The fraction of sp³-hybridized carbons (Fsp3) is 0.562. The minimum Gasteiger partial charge on any atom is -0.393 e. The Kier molecular flexibility index (Phi) is 5.91. The monoisotopic (exact) mass is 329 g/mol. The Morgan fingerprint density at radius 1 is 1.48 bits per heavy atom. The molecule has 1 N–H and O–H groups in total. The van der Waals surface area contributed by atoms with Gasteiger partial charge in [0.2, 0.25) is 5.91 Å². The molecule has 1 saturated heterocycles. The van der Waals surface area contributed by atoms with Crippen LogP contribution in [-0.4, -0.2) is 34.6 Å². The molecule has 1 aliphatic rings. The van der Waals surface area contributed by atoms with Gasteiger partial charge in [-0.15, -0.1) is 0 Å². The third kappa shape index (κ3) is 4.60. The Labute approximate surface area is 135 Å². The topological polar surface area (TPSA) is 40.5 Å². The lowest BCUT2D eigenvalue weighted by Crippen LogP contribution is -2.37.